The molecule has 0 fully saturated rings. The molecule has 1 nitrogen and oxygen atoms in total. The quantitative estimate of drug-likeness (QED) is 0.678. The molecule has 0 spiro atoms. The van der Waals surface area contributed by atoms with Crippen LogP contribution in [0.3, 0.4) is 0 Å². The lowest BCUT2D eigenvalue weighted by Gasteiger charge is -1.91. The smallest absolute Gasteiger partial charge is 0.0924 e. The first kappa shape index (κ1) is 8.08. The molecular formula is C9H11NS. The minimum atomic E-state index is 1.17. The second-order valence-corrected chi connectivity index (χ2v) is 3.44. The number of hydrogen-bond acceptors (Lipinski definition) is 2. The Hall–Kier alpha value is -1.02. The molecule has 0 aliphatic heterocycles. The maximum Gasteiger partial charge on any atom is 0.0924 e. The van der Waals surface area contributed by atoms with Crippen molar-refractivity contribution < 1.29 is 0 Å². The van der Waals surface area contributed by atoms with Gasteiger partial charge in [0.05, 0.1) is 5.00 Å². The minimum Gasteiger partial charge on any atom is -0.354 e. The van der Waals surface area contributed by atoms with Crippen LogP contribution in [0, 0.1) is 6.92 Å². The van der Waals surface area contributed by atoms with Gasteiger partial charge in [-0.15, -0.1) is 11.3 Å². The van der Waals surface area contributed by atoms with Crippen molar-refractivity contribution in [3.63, 3.8) is 0 Å². The summed E-state index contributed by atoms with van der Waals surface area (Å²) in [6.07, 6.45) is 5.49. The van der Waals surface area contributed by atoms with Gasteiger partial charge >= 0.3 is 0 Å². The van der Waals surface area contributed by atoms with Gasteiger partial charge < -0.3 is 5.32 Å². The van der Waals surface area contributed by atoms with Crippen molar-refractivity contribution in [2.45, 2.75) is 6.92 Å². The highest BCUT2D eigenvalue weighted by atomic mass is 32.1. The average Bonchev–Trinajstić information content (AvgIpc) is 2.37. The van der Waals surface area contributed by atoms with Crippen LogP contribution in [0.2, 0.25) is 0 Å². The highest BCUT2D eigenvalue weighted by Gasteiger charge is 1.90. The van der Waals surface area contributed by atoms with Gasteiger partial charge in [-0.25, -0.2) is 0 Å². The second kappa shape index (κ2) is 3.98. The van der Waals surface area contributed by atoms with E-state index in [1.54, 1.807) is 17.4 Å². The summed E-state index contributed by atoms with van der Waals surface area (Å²) in [5.74, 6) is 0. The standard InChI is InChI=1S/C9H11NS/c1-3-4-7-10-9-6-5-8(2)11-9/h3-7,10H,1H2,2H3/b7-4-. The Morgan fingerprint density at radius 3 is 2.91 bits per heavy atom. The summed E-state index contributed by atoms with van der Waals surface area (Å²) in [6.45, 7) is 5.66. The molecular weight excluding hydrogens is 154 g/mol. The molecule has 0 atom stereocenters. The van der Waals surface area contributed by atoms with E-state index >= 15 is 0 Å². The van der Waals surface area contributed by atoms with E-state index in [0.29, 0.717) is 0 Å². The third-order valence-electron chi connectivity index (χ3n) is 1.20. The molecule has 0 saturated carbocycles. The maximum absolute atomic E-state index is 3.57. The summed E-state index contributed by atoms with van der Waals surface area (Å²) in [5.41, 5.74) is 0. The lowest BCUT2D eigenvalue weighted by molar-refractivity contribution is 1.64. The maximum atomic E-state index is 3.57. The van der Waals surface area contributed by atoms with Crippen molar-refractivity contribution in [1.29, 1.82) is 0 Å². The average molecular weight is 165 g/mol. The third-order valence-corrected chi connectivity index (χ3v) is 2.13. The number of allylic oxidation sites excluding steroid dienone is 2. The van der Waals surface area contributed by atoms with Crippen molar-refractivity contribution in [2.24, 2.45) is 0 Å². The second-order valence-electron chi connectivity index (χ2n) is 2.15. The molecule has 1 rings (SSSR count). The third kappa shape index (κ3) is 2.60. The Morgan fingerprint density at radius 2 is 2.36 bits per heavy atom. The SMILES string of the molecule is C=C/C=C\Nc1ccc(C)s1. The molecule has 0 aromatic carbocycles. The van der Waals surface area contributed by atoms with E-state index in [1.807, 2.05) is 12.3 Å². The van der Waals surface area contributed by atoms with Gasteiger partial charge in [0.2, 0.25) is 0 Å². The number of hydrogen-bond donors (Lipinski definition) is 1. The first-order chi connectivity index (χ1) is 5.33. The molecule has 1 N–H and O–H groups in total. The van der Waals surface area contributed by atoms with Crippen LogP contribution in [-0.2, 0) is 0 Å². The predicted octanol–water partition coefficient (Wildman–Crippen LogP) is 3.17. The summed E-state index contributed by atoms with van der Waals surface area (Å²) in [6, 6.07) is 4.15. The first-order valence-electron chi connectivity index (χ1n) is 3.43. The molecule has 0 unspecified atom stereocenters. The Labute approximate surface area is 71.1 Å². The molecule has 0 aliphatic rings. The molecule has 11 heavy (non-hydrogen) atoms. The van der Waals surface area contributed by atoms with Crippen molar-refractivity contribution in [3.05, 3.63) is 41.9 Å². The van der Waals surface area contributed by atoms with Crippen LogP contribution < -0.4 is 5.32 Å². The van der Waals surface area contributed by atoms with Gasteiger partial charge in [0.1, 0.15) is 0 Å². The fourth-order valence-electron chi connectivity index (χ4n) is 0.710. The van der Waals surface area contributed by atoms with Crippen LogP contribution in [0.25, 0.3) is 0 Å². The lowest BCUT2D eigenvalue weighted by Crippen LogP contribution is -1.79. The van der Waals surface area contributed by atoms with Gasteiger partial charge in [-0.05, 0) is 25.1 Å². The van der Waals surface area contributed by atoms with E-state index < -0.39 is 0 Å². The van der Waals surface area contributed by atoms with Crippen LogP contribution >= 0.6 is 11.3 Å². The summed E-state index contributed by atoms with van der Waals surface area (Å²) >= 11 is 1.74. The lowest BCUT2D eigenvalue weighted by atomic mass is 10.5. The monoisotopic (exact) mass is 165 g/mol. The number of aryl methyl sites for hydroxylation is 1. The molecule has 2 heteroatoms. The van der Waals surface area contributed by atoms with Crippen molar-refractivity contribution in [3.8, 4) is 0 Å². The van der Waals surface area contributed by atoms with Gasteiger partial charge in [0.25, 0.3) is 0 Å². The molecule has 1 heterocycles. The first-order valence-corrected chi connectivity index (χ1v) is 4.25. The van der Waals surface area contributed by atoms with Gasteiger partial charge in [-0.3, -0.25) is 0 Å². The zero-order valence-corrected chi connectivity index (χ0v) is 7.32. The fourth-order valence-corrected chi connectivity index (χ4v) is 1.46. The number of anilines is 1. The van der Waals surface area contributed by atoms with Crippen LogP contribution in [0.1, 0.15) is 4.88 Å². The van der Waals surface area contributed by atoms with Crippen molar-refractivity contribution >= 4 is 16.3 Å². The van der Waals surface area contributed by atoms with Crippen LogP contribution in [0.5, 0.6) is 0 Å². The fraction of sp³-hybridized carbons (Fsp3) is 0.111. The Bertz CT molecular complexity index is 260. The highest BCUT2D eigenvalue weighted by Crippen LogP contribution is 2.20. The zero-order chi connectivity index (χ0) is 8.10. The van der Waals surface area contributed by atoms with Gasteiger partial charge in [-0.1, -0.05) is 12.7 Å². The summed E-state index contributed by atoms with van der Waals surface area (Å²) in [5, 5.41) is 4.30. The van der Waals surface area contributed by atoms with Gasteiger partial charge in [-0.2, -0.15) is 0 Å². The number of nitrogens with one attached hydrogen (secondary N) is 1. The Balaban J connectivity index is 2.51. The van der Waals surface area contributed by atoms with E-state index in [0.717, 1.165) is 0 Å². The molecule has 58 valence electrons. The van der Waals surface area contributed by atoms with E-state index in [4.69, 9.17) is 0 Å². The number of rotatable bonds is 3. The van der Waals surface area contributed by atoms with Crippen LogP contribution in [0.4, 0.5) is 5.00 Å². The van der Waals surface area contributed by atoms with Gasteiger partial charge in [0, 0.05) is 11.1 Å². The molecule has 0 bridgehead atoms. The van der Waals surface area contributed by atoms with Crippen molar-refractivity contribution in [2.75, 3.05) is 5.32 Å². The summed E-state index contributed by atoms with van der Waals surface area (Å²) in [7, 11) is 0. The van der Waals surface area contributed by atoms with E-state index in [9.17, 15) is 0 Å². The van der Waals surface area contributed by atoms with Crippen molar-refractivity contribution in [1.82, 2.24) is 0 Å². The predicted molar refractivity (Wildman–Crippen MR) is 52.0 cm³/mol. The molecule has 0 aliphatic carbocycles. The molecule has 0 amide bonds. The minimum absolute atomic E-state index is 1.17. The van der Waals surface area contributed by atoms with E-state index in [2.05, 4.69) is 31.0 Å². The largest absolute Gasteiger partial charge is 0.354 e. The molecule has 0 saturated heterocycles. The topological polar surface area (TPSA) is 12.0 Å². The summed E-state index contributed by atoms with van der Waals surface area (Å²) in [4.78, 5) is 1.32. The Kier molecular flexibility index (Phi) is 2.93. The van der Waals surface area contributed by atoms with Crippen LogP contribution in [0.15, 0.2) is 37.1 Å². The number of thiophene rings is 1. The summed E-state index contributed by atoms with van der Waals surface area (Å²) < 4.78 is 0. The molecule has 1 aromatic rings. The molecule has 0 radical (unpaired) electrons. The highest BCUT2D eigenvalue weighted by molar-refractivity contribution is 7.16. The zero-order valence-electron chi connectivity index (χ0n) is 6.50. The Morgan fingerprint density at radius 1 is 1.55 bits per heavy atom. The van der Waals surface area contributed by atoms with Crippen LogP contribution in [-0.4, -0.2) is 0 Å². The molecule has 1 aromatic heterocycles. The van der Waals surface area contributed by atoms with E-state index in [1.165, 1.54) is 9.88 Å². The van der Waals surface area contributed by atoms with E-state index in [-0.39, 0.29) is 0 Å². The van der Waals surface area contributed by atoms with Gasteiger partial charge in [0.15, 0.2) is 0 Å². The normalized spacial score (nSPS) is 10.3.